The highest BCUT2D eigenvalue weighted by Crippen LogP contribution is 2.34. The number of aryl methyl sites for hydroxylation is 1. The smallest absolute Gasteiger partial charge is 0.163 e. The van der Waals surface area contributed by atoms with Crippen molar-refractivity contribution < 1.29 is 14.2 Å². The predicted octanol–water partition coefficient (Wildman–Crippen LogP) is 2.80. The highest BCUT2D eigenvalue weighted by molar-refractivity contribution is 5.89. The molecular formula is C18H20N4O3. The van der Waals surface area contributed by atoms with Gasteiger partial charge in [0.05, 0.1) is 43.0 Å². The molecule has 2 aromatic heterocycles. The Balaban J connectivity index is 2.16. The summed E-state index contributed by atoms with van der Waals surface area (Å²) in [5, 5.41) is 13.6. The summed E-state index contributed by atoms with van der Waals surface area (Å²) in [5.41, 5.74) is 3.43. The molecule has 0 fully saturated rings. The normalized spacial score (nSPS) is 10.8. The number of hydrogen-bond acceptors (Lipinski definition) is 6. The quantitative estimate of drug-likeness (QED) is 0.616. The Kier molecular flexibility index (Phi) is 4.95. The first-order valence-electron chi connectivity index (χ1n) is 7.82. The minimum Gasteiger partial charge on any atom is -0.493 e. The van der Waals surface area contributed by atoms with Crippen molar-refractivity contribution in [1.29, 1.82) is 0 Å². The largest absolute Gasteiger partial charge is 0.493 e. The lowest BCUT2D eigenvalue weighted by molar-refractivity contribution is 0.144. The molecule has 25 heavy (non-hydrogen) atoms. The summed E-state index contributed by atoms with van der Waals surface area (Å²) in [5.74, 6) is 1.21. The van der Waals surface area contributed by atoms with E-state index in [1.807, 2.05) is 13.0 Å². The number of aromatic nitrogens is 4. The molecule has 0 saturated carbocycles. The van der Waals surface area contributed by atoms with Crippen molar-refractivity contribution in [3.05, 3.63) is 42.4 Å². The SMILES string of the molecule is C=Cc1c(C)cnn1-c1cnnc2cc(OC)c(OCCOC)cc12. The van der Waals surface area contributed by atoms with Crippen molar-refractivity contribution in [2.24, 2.45) is 0 Å². The van der Waals surface area contributed by atoms with Crippen molar-refractivity contribution in [2.45, 2.75) is 6.92 Å². The Morgan fingerprint density at radius 1 is 1.16 bits per heavy atom. The lowest BCUT2D eigenvalue weighted by Gasteiger charge is -2.13. The lowest BCUT2D eigenvalue weighted by atomic mass is 10.1. The summed E-state index contributed by atoms with van der Waals surface area (Å²) in [6.07, 6.45) is 5.24. The van der Waals surface area contributed by atoms with Crippen LogP contribution in [-0.4, -0.2) is 47.4 Å². The Bertz CT molecular complexity index is 905. The number of benzene rings is 1. The molecule has 3 aromatic rings. The van der Waals surface area contributed by atoms with Gasteiger partial charge in [-0.15, -0.1) is 0 Å². The molecule has 7 nitrogen and oxygen atoms in total. The van der Waals surface area contributed by atoms with Crippen LogP contribution in [0.2, 0.25) is 0 Å². The third kappa shape index (κ3) is 3.18. The van der Waals surface area contributed by atoms with Gasteiger partial charge in [-0.25, -0.2) is 4.68 Å². The molecule has 3 rings (SSSR count). The van der Waals surface area contributed by atoms with E-state index < -0.39 is 0 Å². The van der Waals surface area contributed by atoms with Crippen molar-refractivity contribution in [1.82, 2.24) is 20.0 Å². The molecule has 0 radical (unpaired) electrons. The zero-order chi connectivity index (χ0) is 17.8. The van der Waals surface area contributed by atoms with Crippen LogP contribution in [0.4, 0.5) is 0 Å². The van der Waals surface area contributed by atoms with Gasteiger partial charge in [0, 0.05) is 18.6 Å². The van der Waals surface area contributed by atoms with E-state index in [0.29, 0.717) is 30.2 Å². The zero-order valence-electron chi connectivity index (χ0n) is 14.5. The molecular weight excluding hydrogens is 320 g/mol. The van der Waals surface area contributed by atoms with Crippen LogP contribution in [0.1, 0.15) is 11.3 Å². The maximum Gasteiger partial charge on any atom is 0.163 e. The molecule has 2 heterocycles. The van der Waals surface area contributed by atoms with Crippen molar-refractivity contribution >= 4 is 17.0 Å². The second-order valence-corrected chi connectivity index (χ2v) is 5.42. The van der Waals surface area contributed by atoms with Crippen LogP contribution in [0.25, 0.3) is 22.7 Å². The van der Waals surface area contributed by atoms with Crippen LogP contribution in [0, 0.1) is 6.92 Å². The Labute approximate surface area is 145 Å². The molecule has 7 heteroatoms. The van der Waals surface area contributed by atoms with Gasteiger partial charge in [-0.1, -0.05) is 6.58 Å². The summed E-state index contributed by atoms with van der Waals surface area (Å²) in [7, 11) is 3.22. The average molecular weight is 340 g/mol. The van der Waals surface area contributed by atoms with Gasteiger partial charge in [-0.3, -0.25) is 0 Å². The third-order valence-corrected chi connectivity index (χ3v) is 3.87. The number of ether oxygens (including phenoxy) is 3. The maximum absolute atomic E-state index is 5.78. The van der Waals surface area contributed by atoms with Crippen molar-refractivity contribution in [3.63, 3.8) is 0 Å². The summed E-state index contributed by atoms with van der Waals surface area (Å²) in [6, 6.07) is 3.69. The fourth-order valence-electron chi connectivity index (χ4n) is 2.61. The van der Waals surface area contributed by atoms with Gasteiger partial charge < -0.3 is 14.2 Å². The second-order valence-electron chi connectivity index (χ2n) is 5.42. The fraction of sp³-hybridized carbons (Fsp3) is 0.278. The first-order chi connectivity index (χ1) is 12.2. The van der Waals surface area contributed by atoms with Crippen LogP contribution in [0.3, 0.4) is 0 Å². The summed E-state index contributed by atoms with van der Waals surface area (Å²) >= 11 is 0. The molecule has 0 aliphatic carbocycles. The molecule has 0 spiro atoms. The summed E-state index contributed by atoms with van der Waals surface area (Å²) in [4.78, 5) is 0. The number of rotatable bonds is 7. The fourth-order valence-corrected chi connectivity index (χ4v) is 2.61. The van der Waals surface area contributed by atoms with E-state index in [4.69, 9.17) is 14.2 Å². The van der Waals surface area contributed by atoms with Gasteiger partial charge >= 0.3 is 0 Å². The van der Waals surface area contributed by atoms with E-state index in [-0.39, 0.29) is 0 Å². The predicted molar refractivity (Wildman–Crippen MR) is 95.4 cm³/mol. The number of fused-ring (bicyclic) bond motifs is 1. The summed E-state index contributed by atoms with van der Waals surface area (Å²) < 4.78 is 18.0. The zero-order valence-corrected chi connectivity index (χ0v) is 14.5. The number of nitrogens with zero attached hydrogens (tertiary/aromatic N) is 4. The molecule has 130 valence electrons. The molecule has 0 unspecified atom stereocenters. The molecule has 0 N–H and O–H groups in total. The molecule has 0 amide bonds. The van der Waals surface area contributed by atoms with E-state index in [0.717, 1.165) is 22.3 Å². The Hall–Kier alpha value is -2.93. The molecule has 0 aliphatic heterocycles. The van der Waals surface area contributed by atoms with Crippen LogP contribution < -0.4 is 9.47 Å². The van der Waals surface area contributed by atoms with Crippen LogP contribution in [0.5, 0.6) is 11.5 Å². The van der Waals surface area contributed by atoms with Gasteiger partial charge in [0.1, 0.15) is 6.61 Å². The monoisotopic (exact) mass is 340 g/mol. The van der Waals surface area contributed by atoms with Gasteiger partial charge in [0.2, 0.25) is 0 Å². The van der Waals surface area contributed by atoms with E-state index >= 15 is 0 Å². The van der Waals surface area contributed by atoms with E-state index in [9.17, 15) is 0 Å². The standard InChI is InChI=1S/C18H20N4O3/c1-5-15-12(2)10-20-22(15)16-11-19-21-14-9-17(24-4)18(8-13(14)16)25-7-6-23-3/h5,8-11H,1,6-7H2,2-4H3. The van der Waals surface area contributed by atoms with Gasteiger partial charge in [0.25, 0.3) is 0 Å². The number of methoxy groups -OCH3 is 2. The molecule has 0 aliphatic rings. The average Bonchev–Trinajstić information content (AvgIpc) is 3.01. The third-order valence-electron chi connectivity index (χ3n) is 3.87. The highest BCUT2D eigenvalue weighted by Gasteiger charge is 2.15. The first-order valence-corrected chi connectivity index (χ1v) is 7.82. The minimum absolute atomic E-state index is 0.422. The molecule has 0 bridgehead atoms. The topological polar surface area (TPSA) is 71.3 Å². The highest BCUT2D eigenvalue weighted by atomic mass is 16.5. The van der Waals surface area contributed by atoms with Gasteiger partial charge in [-0.05, 0) is 24.6 Å². The minimum atomic E-state index is 0.422. The van der Waals surface area contributed by atoms with Crippen LogP contribution >= 0.6 is 0 Å². The van der Waals surface area contributed by atoms with Gasteiger partial charge in [0.15, 0.2) is 11.5 Å². The van der Waals surface area contributed by atoms with Crippen LogP contribution in [-0.2, 0) is 4.74 Å². The Morgan fingerprint density at radius 3 is 2.72 bits per heavy atom. The van der Waals surface area contributed by atoms with E-state index in [1.165, 1.54) is 0 Å². The van der Waals surface area contributed by atoms with Crippen molar-refractivity contribution in [3.8, 4) is 17.2 Å². The lowest BCUT2D eigenvalue weighted by Crippen LogP contribution is -2.06. The van der Waals surface area contributed by atoms with E-state index in [1.54, 1.807) is 43.4 Å². The van der Waals surface area contributed by atoms with Gasteiger partial charge in [-0.2, -0.15) is 15.3 Å². The van der Waals surface area contributed by atoms with Crippen LogP contribution in [0.15, 0.2) is 31.1 Å². The molecule has 0 atom stereocenters. The molecule has 1 aromatic carbocycles. The Morgan fingerprint density at radius 2 is 2.00 bits per heavy atom. The second kappa shape index (κ2) is 7.31. The van der Waals surface area contributed by atoms with E-state index in [2.05, 4.69) is 21.9 Å². The first kappa shape index (κ1) is 16.9. The maximum atomic E-state index is 5.78. The molecule has 0 saturated heterocycles. The number of hydrogen-bond donors (Lipinski definition) is 0. The van der Waals surface area contributed by atoms with Crippen molar-refractivity contribution in [2.75, 3.05) is 27.4 Å². The summed E-state index contributed by atoms with van der Waals surface area (Å²) in [6.45, 7) is 6.76.